The second-order valence-electron chi connectivity index (χ2n) is 6.82. The van der Waals surface area contributed by atoms with Crippen molar-refractivity contribution in [3.05, 3.63) is 34.6 Å². The van der Waals surface area contributed by atoms with Crippen molar-refractivity contribution in [2.75, 3.05) is 13.1 Å². The van der Waals surface area contributed by atoms with Crippen LogP contribution in [0.2, 0.25) is 5.02 Å². The summed E-state index contributed by atoms with van der Waals surface area (Å²) >= 11 is 5.89. The Morgan fingerprint density at radius 2 is 2.15 bits per heavy atom. The highest BCUT2D eigenvalue weighted by molar-refractivity contribution is 6.30. The molecule has 0 aromatic heterocycles. The molecule has 2 aliphatic rings. The van der Waals surface area contributed by atoms with Gasteiger partial charge in [0.2, 0.25) is 0 Å². The van der Waals surface area contributed by atoms with Crippen LogP contribution in [0.15, 0.2) is 18.2 Å². The molecule has 0 radical (unpaired) electrons. The van der Waals surface area contributed by atoms with Crippen LogP contribution in [-0.4, -0.2) is 29.6 Å². The smallest absolute Gasteiger partial charge is 0.141 e. The molecule has 1 aliphatic carbocycles. The maximum atomic E-state index is 13.3. The van der Waals surface area contributed by atoms with E-state index in [9.17, 15) is 4.39 Å². The minimum atomic E-state index is -0.338. The first-order valence-electron chi connectivity index (χ1n) is 7.38. The van der Waals surface area contributed by atoms with Gasteiger partial charge >= 0.3 is 0 Å². The summed E-state index contributed by atoms with van der Waals surface area (Å²) in [6, 6.07) is 5.68. The van der Waals surface area contributed by atoms with Gasteiger partial charge in [0.05, 0.1) is 5.02 Å². The lowest BCUT2D eigenvalue weighted by atomic mass is 9.96. The molecule has 1 N–H and O–H groups in total. The van der Waals surface area contributed by atoms with E-state index in [2.05, 4.69) is 24.1 Å². The molecule has 1 aliphatic heterocycles. The molecular formula is C16H22ClFN2. The standard InChI is InChI=1S/C16H22ClFN2/c1-16(2)10-20(15(8-19-16)12-4-5-12)9-11-3-6-14(18)13(17)7-11/h3,6-7,12,15,19H,4-5,8-10H2,1-2H3. The van der Waals surface area contributed by atoms with Crippen LogP contribution in [-0.2, 0) is 6.54 Å². The first-order chi connectivity index (χ1) is 9.44. The van der Waals surface area contributed by atoms with Gasteiger partial charge in [-0.05, 0) is 50.3 Å². The van der Waals surface area contributed by atoms with Crippen LogP contribution in [0.5, 0.6) is 0 Å². The summed E-state index contributed by atoms with van der Waals surface area (Å²) in [6.45, 7) is 7.39. The molecule has 1 unspecified atom stereocenters. The molecule has 3 rings (SSSR count). The fraction of sp³-hybridized carbons (Fsp3) is 0.625. The van der Waals surface area contributed by atoms with Gasteiger partial charge in [-0.15, -0.1) is 0 Å². The van der Waals surface area contributed by atoms with E-state index in [4.69, 9.17) is 11.6 Å². The van der Waals surface area contributed by atoms with E-state index < -0.39 is 0 Å². The second kappa shape index (κ2) is 5.28. The van der Waals surface area contributed by atoms with Gasteiger partial charge in [0.25, 0.3) is 0 Å². The Morgan fingerprint density at radius 1 is 1.40 bits per heavy atom. The van der Waals surface area contributed by atoms with E-state index in [0.29, 0.717) is 6.04 Å². The van der Waals surface area contributed by atoms with Crippen LogP contribution in [0.1, 0.15) is 32.3 Å². The fourth-order valence-electron chi connectivity index (χ4n) is 3.18. The average Bonchev–Trinajstić information content (AvgIpc) is 3.17. The largest absolute Gasteiger partial charge is 0.309 e. The maximum absolute atomic E-state index is 13.3. The first-order valence-corrected chi connectivity index (χ1v) is 7.75. The van der Waals surface area contributed by atoms with Gasteiger partial charge in [-0.25, -0.2) is 4.39 Å². The van der Waals surface area contributed by atoms with Gasteiger partial charge in [-0.3, -0.25) is 4.90 Å². The minimum Gasteiger partial charge on any atom is -0.309 e. The number of halogens is 2. The van der Waals surface area contributed by atoms with Crippen molar-refractivity contribution in [2.24, 2.45) is 5.92 Å². The Morgan fingerprint density at radius 3 is 2.80 bits per heavy atom. The number of rotatable bonds is 3. The van der Waals surface area contributed by atoms with Gasteiger partial charge in [-0.2, -0.15) is 0 Å². The predicted octanol–water partition coefficient (Wildman–Crippen LogP) is 3.44. The number of hydrogen-bond acceptors (Lipinski definition) is 2. The van der Waals surface area contributed by atoms with Crippen LogP contribution in [0.3, 0.4) is 0 Å². The van der Waals surface area contributed by atoms with Crippen LogP contribution in [0.25, 0.3) is 0 Å². The fourth-order valence-corrected chi connectivity index (χ4v) is 3.39. The zero-order valence-corrected chi connectivity index (χ0v) is 12.9. The Hall–Kier alpha value is -0.640. The van der Waals surface area contributed by atoms with E-state index in [0.717, 1.165) is 31.1 Å². The Labute approximate surface area is 125 Å². The average molecular weight is 297 g/mol. The molecule has 0 amide bonds. The van der Waals surface area contributed by atoms with Gasteiger partial charge in [-0.1, -0.05) is 17.7 Å². The summed E-state index contributed by atoms with van der Waals surface area (Å²) in [5.74, 6) is 0.490. The summed E-state index contributed by atoms with van der Waals surface area (Å²) < 4.78 is 13.3. The molecule has 0 bridgehead atoms. The molecule has 110 valence electrons. The van der Waals surface area contributed by atoms with Crippen molar-refractivity contribution in [1.82, 2.24) is 10.2 Å². The molecular weight excluding hydrogens is 275 g/mol. The maximum Gasteiger partial charge on any atom is 0.141 e. The van der Waals surface area contributed by atoms with E-state index in [1.165, 1.54) is 18.9 Å². The van der Waals surface area contributed by atoms with E-state index in [1.54, 1.807) is 6.07 Å². The van der Waals surface area contributed by atoms with Gasteiger partial charge in [0, 0.05) is 31.2 Å². The number of piperazine rings is 1. The third-order valence-electron chi connectivity index (χ3n) is 4.39. The van der Waals surface area contributed by atoms with Crippen LogP contribution in [0.4, 0.5) is 4.39 Å². The third kappa shape index (κ3) is 3.16. The lowest BCUT2D eigenvalue weighted by Gasteiger charge is -2.45. The summed E-state index contributed by atoms with van der Waals surface area (Å²) in [5, 5.41) is 3.86. The molecule has 2 nitrogen and oxygen atoms in total. The normalized spacial score (nSPS) is 26.7. The third-order valence-corrected chi connectivity index (χ3v) is 4.68. The molecule has 2 fully saturated rings. The number of nitrogens with one attached hydrogen (secondary N) is 1. The van der Waals surface area contributed by atoms with Crippen molar-refractivity contribution >= 4 is 11.6 Å². The lowest BCUT2D eigenvalue weighted by molar-refractivity contribution is 0.0759. The molecule has 1 saturated carbocycles. The van der Waals surface area contributed by atoms with Crippen LogP contribution >= 0.6 is 11.6 Å². The number of nitrogens with zero attached hydrogens (tertiary/aromatic N) is 1. The van der Waals surface area contributed by atoms with Crippen LogP contribution < -0.4 is 5.32 Å². The Balaban J connectivity index is 1.76. The molecule has 1 aromatic rings. The monoisotopic (exact) mass is 296 g/mol. The number of benzene rings is 1. The summed E-state index contributed by atoms with van der Waals surface area (Å²) in [5.41, 5.74) is 1.23. The lowest BCUT2D eigenvalue weighted by Crippen LogP contribution is -2.61. The van der Waals surface area contributed by atoms with Crippen molar-refractivity contribution in [3.63, 3.8) is 0 Å². The highest BCUT2D eigenvalue weighted by Gasteiger charge is 2.40. The van der Waals surface area contributed by atoms with E-state index in [1.807, 2.05) is 6.07 Å². The zero-order valence-electron chi connectivity index (χ0n) is 12.1. The van der Waals surface area contributed by atoms with Crippen molar-refractivity contribution < 1.29 is 4.39 Å². The highest BCUT2D eigenvalue weighted by Crippen LogP contribution is 2.37. The molecule has 1 saturated heterocycles. The van der Waals surface area contributed by atoms with E-state index >= 15 is 0 Å². The van der Waals surface area contributed by atoms with Gasteiger partial charge in [0.1, 0.15) is 5.82 Å². The SMILES string of the molecule is CC1(C)CN(Cc2ccc(F)c(Cl)c2)C(C2CC2)CN1. The highest BCUT2D eigenvalue weighted by atomic mass is 35.5. The van der Waals surface area contributed by atoms with Gasteiger partial charge < -0.3 is 5.32 Å². The molecule has 1 atom stereocenters. The topological polar surface area (TPSA) is 15.3 Å². The Bertz CT molecular complexity index is 499. The molecule has 1 heterocycles. The van der Waals surface area contributed by atoms with Crippen LogP contribution in [0, 0.1) is 11.7 Å². The van der Waals surface area contributed by atoms with Crippen molar-refractivity contribution in [2.45, 2.75) is 44.8 Å². The predicted molar refractivity (Wildman–Crippen MR) is 80.4 cm³/mol. The van der Waals surface area contributed by atoms with Crippen molar-refractivity contribution in [1.29, 1.82) is 0 Å². The molecule has 0 spiro atoms. The summed E-state index contributed by atoms with van der Waals surface area (Å²) in [4.78, 5) is 2.54. The quantitative estimate of drug-likeness (QED) is 0.919. The van der Waals surface area contributed by atoms with E-state index in [-0.39, 0.29) is 16.4 Å². The molecule has 1 aromatic carbocycles. The molecule has 20 heavy (non-hydrogen) atoms. The van der Waals surface area contributed by atoms with Gasteiger partial charge in [0.15, 0.2) is 0 Å². The summed E-state index contributed by atoms with van der Waals surface area (Å²) in [6.07, 6.45) is 2.68. The minimum absolute atomic E-state index is 0.134. The zero-order chi connectivity index (χ0) is 14.3. The second-order valence-corrected chi connectivity index (χ2v) is 7.23. The first kappa shape index (κ1) is 14.3. The van der Waals surface area contributed by atoms with Crippen molar-refractivity contribution in [3.8, 4) is 0 Å². The molecule has 4 heteroatoms. The number of hydrogen-bond donors (Lipinski definition) is 1. The Kier molecular flexibility index (Phi) is 3.78. The summed E-state index contributed by atoms with van der Waals surface area (Å²) in [7, 11) is 0.